The molecule has 0 aromatic carbocycles. The zero-order valence-electron chi connectivity index (χ0n) is 38.8. The minimum atomic E-state index is -0.768. The van der Waals surface area contributed by atoms with Crippen LogP contribution < -0.4 is 0 Å². The summed E-state index contributed by atoms with van der Waals surface area (Å²) >= 11 is 0. The van der Waals surface area contributed by atoms with Crippen molar-refractivity contribution in [1.82, 2.24) is 0 Å². The lowest BCUT2D eigenvalue weighted by Crippen LogP contribution is -2.30. The highest BCUT2D eigenvalue weighted by Crippen LogP contribution is 2.16. The number of unbranched alkanes of at least 4 members (excludes halogenated alkanes) is 31. The van der Waals surface area contributed by atoms with Gasteiger partial charge in [-0.15, -0.1) is 0 Å². The van der Waals surface area contributed by atoms with Gasteiger partial charge in [0, 0.05) is 19.3 Å². The monoisotopic (exact) mass is 817 g/mol. The largest absolute Gasteiger partial charge is 0.462 e. The Morgan fingerprint density at radius 2 is 0.672 bits per heavy atom. The first-order valence-corrected chi connectivity index (χ1v) is 25.3. The van der Waals surface area contributed by atoms with Gasteiger partial charge in [-0.2, -0.15) is 0 Å². The van der Waals surface area contributed by atoms with Gasteiger partial charge in [0.25, 0.3) is 0 Å². The zero-order valence-corrected chi connectivity index (χ0v) is 38.8. The van der Waals surface area contributed by atoms with Gasteiger partial charge in [-0.05, 0) is 44.9 Å². The predicted octanol–water partition coefficient (Wildman–Crippen LogP) is 16.4. The molecule has 6 nitrogen and oxygen atoms in total. The molecule has 58 heavy (non-hydrogen) atoms. The number of carbonyl (C=O) groups excluding carboxylic acids is 3. The van der Waals surface area contributed by atoms with Crippen LogP contribution in [0, 0.1) is 0 Å². The number of rotatable bonds is 46. The SMILES string of the molecule is CC/C=C\C/C=C\CCCCCCCCCC(=O)OC(COC(=O)CCCCCCCCCCC)COC(=O)CCCCCCCCCCCCCCCCCCC. The van der Waals surface area contributed by atoms with Crippen LogP contribution in [0.5, 0.6) is 0 Å². The third-order valence-corrected chi connectivity index (χ3v) is 11.2. The molecule has 0 saturated carbocycles. The van der Waals surface area contributed by atoms with Gasteiger partial charge >= 0.3 is 17.9 Å². The maximum absolute atomic E-state index is 12.7. The predicted molar refractivity (Wildman–Crippen MR) is 247 cm³/mol. The van der Waals surface area contributed by atoms with E-state index >= 15 is 0 Å². The van der Waals surface area contributed by atoms with Crippen LogP contribution in [0.4, 0.5) is 0 Å². The first kappa shape index (κ1) is 55.9. The summed E-state index contributed by atoms with van der Waals surface area (Å²) in [6, 6.07) is 0. The van der Waals surface area contributed by atoms with Crippen molar-refractivity contribution in [2.24, 2.45) is 0 Å². The van der Waals surface area contributed by atoms with Crippen LogP contribution in [0.15, 0.2) is 24.3 Å². The zero-order chi connectivity index (χ0) is 42.3. The lowest BCUT2D eigenvalue weighted by molar-refractivity contribution is -0.167. The molecule has 1 unspecified atom stereocenters. The van der Waals surface area contributed by atoms with E-state index in [4.69, 9.17) is 14.2 Å². The first-order chi connectivity index (χ1) is 28.5. The molecule has 0 N–H and O–H groups in total. The van der Waals surface area contributed by atoms with Crippen molar-refractivity contribution >= 4 is 17.9 Å². The molecule has 0 aromatic rings. The van der Waals surface area contributed by atoms with Crippen molar-refractivity contribution in [2.75, 3.05) is 13.2 Å². The Bertz CT molecular complexity index is 942. The van der Waals surface area contributed by atoms with Crippen LogP contribution in [0.2, 0.25) is 0 Å². The Labute approximate surface area is 360 Å². The molecule has 0 saturated heterocycles. The minimum Gasteiger partial charge on any atom is -0.462 e. The fraction of sp³-hybridized carbons (Fsp3) is 0.865. The summed E-state index contributed by atoms with van der Waals surface area (Å²) in [7, 11) is 0. The molecule has 6 heteroatoms. The molecule has 0 amide bonds. The molecule has 340 valence electrons. The third-order valence-electron chi connectivity index (χ3n) is 11.2. The van der Waals surface area contributed by atoms with E-state index in [1.54, 1.807) is 0 Å². The fourth-order valence-corrected chi connectivity index (χ4v) is 7.42. The van der Waals surface area contributed by atoms with Crippen molar-refractivity contribution in [2.45, 2.75) is 277 Å². The van der Waals surface area contributed by atoms with Gasteiger partial charge in [-0.25, -0.2) is 0 Å². The van der Waals surface area contributed by atoms with Crippen molar-refractivity contribution in [3.05, 3.63) is 24.3 Å². The summed E-state index contributed by atoms with van der Waals surface area (Å²) in [4.78, 5) is 37.8. The van der Waals surface area contributed by atoms with E-state index in [1.165, 1.54) is 154 Å². The molecular weight excluding hydrogens is 721 g/mol. The maximum atomic E-state index is 12.7. The molecule has 0 radical (unpaired) electrons. The lowest BCUT2D eigenvalue weighted by Gasteiger charge is -2.18. The van der Waals surface area contributed by atoms with Crippen LogP contribution in [-0.4, -0.2) is 37.2 Å². The minimum absolute atomic E-state index is 0.0700. The van der Waals surface area contributed by atoms with Gasteiger partial charge in [0.15, 0.2) is 6.10 Å². The first-order valence-electron chi connectivity index (χ1n) is 25.3. The fourth-order valence-electron chi connectivity index (χ4n) is 7.42. The average molecular weight is 817 g/mol. The van der Waals surface area contributed by atoms with Crippen molar-refractivity contribution < 1.29 is 28.6 Å². The number of carbonyl (C=O) groups is 3. The van der Waals surface area contributed by atoms with Crippen molar-refractivity contribution in [3.63, 3.8) is 0 Å². The quantitative estimate of drug-likeness (QED) is 0.0263. The summed E-state index contributed by atoms with van der Waals surface area (Å²) in [5.74, 6) is -0.869. The third kappa shape index (κ3) is 45.0. The van der Waals surface area contributed by atoms with Gasteiger partial charge in [0.2, 0.25) is 0 Å². The van der Waals surface area contributed by atoms with Crippen LogP contribution in [-0.2, 0) is 28.6 Å². The normalized spacial score (nSPS) is 12.1. The number of hydrogen-bond donors (Lipinski definition) is 0. The van der Waals surface area contributed by atoms with Gasteiger partial charge in [-0.3, -0.25) is 14.4 Å². The van der Waals surface area contributed by atoms with Crippen LogP contribution in [0.3, 0.4) is 0 Å². The van der Waals surface area contributed by atoms with E-state index < -0.39 is 6.10 Å². The molecule has 0 fully saturated rings. The maximum Gasteiger partial charge on any atom is 0.306 e. The molecule has 0 aromatic heterocycles. The second-order valence-electron chi connectivity index (χ2n) is 17.1. The molecule has 0 rings (SSSR count). The van der Waals surface area contributed by atoms with Crippen LogP contribution >= 0.6 is 0 Å². The van der Waals surface area contributed by atoms with Gasteiger partial charge in [0.1, 0.15) is 13.2 Å². The number of ether oxygens (including phenoxy) is 3. The molecule has 0 aliphatic rings. The van der Waals surface area contributed by atoms with Gasteiger partial charge in [-0.1, -0.05) is 231 Å². The molecule has 0 bridgehead atoms. The van der Waals surface area contributed by atoms with E-state index in [-0.39, 0.29) is 31.1 Å². The van der Waals surface area contributed by atoms with Gasteiger partial charge in [0.05, 0.1) is 0 Å². The molecule has 0 spiro atoms. The highest BCUT2D eigenvalue weighted by Gasteiger charge is 2.19. The number of hydrogen-bond acceptors (Lipinski definition) is 6. The Morgan fingerprint density at radius 3 is 1.03 bits per heavy atom. The van der Waals surface area contributed by atoms with Gasteiger partial charge < -0.3 is 14.2 Å². The summed E-state index contributed by atoms with van der Waals surface area (Å²) in [6.45, 7) is 6.53. The Morgan fingerprint density at radius 1 is 0.362 bits per heavy atom. The smallest absolute Gasteiger partial charge is 0.306 e. The number of allylic oxidation sites excluding steroid dienone is 4. The summed E-state index contributed by atoms with van der Waals surface area (Å²) < 4.78 is 16.8. The van der Waals surface area contributed by atoms with E-state index in [0.717, 1.165) is 77.0 Å². The average Bonchev–Trinajstić information content (AvgIpc) is 3.22. The topological polar surface area (TPSA) is 78.9 Å². The molecule has 0 heterocycles. The lowest BCUT2D eigenvalue weighted by atomic mass is 10.0. The summed E-state index contributed by atoms with van der Waals surface area (Å²) in [5, 5.41) is 0. The highest BCUT2D eigenvalue weighted by molar-refractivity contribution is 5.71. The standard InChI is InChI=1S/C52H96O6/c1-4-7-10-13-16-19-21-23-25-26-27-29-30-33-36-39-42-45-51(54)57-48-49(47-56-50(53)44-41-38-35-32-18-15-12-9-6-3)58-52(55)46-43-40-37-34-31-28-24-22-20-17-14-11-8-5-2/h8,11,17,20,49H,4-7,9-10,12-16,18-19,21-48H2,1-3H3/b11-8-,20-17-. The molecular formula is C52H96O6. The Hall–Kier alpha value is -2.11. The van der Waals surface area contributed by atoms with E-state index in [2.05, 4.69) is 45.1 Å². The molecule has 0 aliphatic heterocycles. The molecule has 0 aliphatic carbocycles. The Balaban J connectivity index is 4.28. The van der Waals surface area contributed by atoms with E-state index in [1.807, 2.05) is 0 Å². The van der Waals surface area contributed by atoms with Crippen molar-refractivity contribution in [3.8, 4) is 0 Å². The van der Waals surface area contributed by atoms with Crippen molar-refractivity contribution in [1.29, 1.82) is 0 Å². The summed E-state index contributed by atoms with van der Waals surface area (Å²) in [5.41, 5.74) is 0. The second-order valence-corrected chi connectivity index (χ2v) is 17.1. The second kappa shape index (κ2) is 47.6. The number of esters is 3. The Kier molecular flexibility index (Phi) is 45.8. The summed E-state index contributed by atoms with van der Waals surface area (Å²) in [6.07, 6.45) is 53.1. The van der Waals surface area contributed by atoms with E-state index in [9.17, 15) is 14.4 Å². The molecule has 1 atom stereocenters. The highest BCUT2D eigenvalue weighted by atomic mass is 16.6. The van der Waals surface area contributed by atoms with Crippen LogP contribution in [0.1, 0.15) is 271 Å². The van der Waals surface area contributed by atoms with E-state index in [0.29, 0.717) is 19.3 Å². The van der Waals surface area contributed by atoms with Crippen LogP contribution in [0.25, 0.3) is 0 Å².